The number of benzene rings is 3. The quantitative estimate of drug-likeness (QED) is 0.660. The van der Waals surface area contributed by atoms with Crippen molar-refractivity contribution >= 4 is 34.8 Å². The van der Waals surface area contributed by atoms with Gasteiger partial charge in [0.05, 0.1) is 10.6 Å². The van der Waals surface area contributed by atoms with Crippen LogP contribution in [-0.4, -0.2) is 25.0 Å². The van der Waals surface area contributed by atoms with E-state index in [9.17, 15) is 9.59 Å². The lowest BCUT2D eigenvalue weighted by molar-refractivity contribution is 0.101. The van der Waals surface area contributed by atoms with Crippen molar-refractivity contribution in [3.63, 3.8) is 0 Å². The molecule has 0 saturated carbocycles. The molecule has 0 aliphatic carbocycles. The first-order valence-corrected chi connectivity index (χ1v) is 9.35. The molecule has 3 aromatic carbocycles. The number of fused-ring (bicyclic) bond motifs is 1. The van der Waals surface area contributed by atoms with Crippen molar-refractivity contribution in [3.05, 3.63) is 82.9 Å². The average Bonchev–Trinajstić information content (AvgIpc) is 2.75. The van der Waals surface area contributed by atoms with Crippen molar-refractivity contribution in [1.29, 1.82) is 0 Å². The standard InChI is InChI=1S/C22H17ClN2O4/c23-18-4-2-1-3-17(18)22(27)25-16-8-6-15(7-9-16)24-21(26)14-5-10-19-20(13-14)29-12-11-28-19/h1-10,13H,11-12H2,(H,24,26)(H,25,27). The van der Waals surface area contributed by atoms with Crippen LogP contribution in [0.25, 0.3) is 0 Å². The highest BCUT2D eigenvalue weighted by molar-refractivity contribution is 6.34. The number of anilines is 2. The van der Waals surface area contributed by atoms with E-state index in [0.29, 0.717) is 52.2 Å². The molecule has 1 heterocycles. The van der Waals surface area contributed by atoms with Gasteiger partial charge in [0.25, 0.3) is 11.8 Å². The van der Waals surface area contributed by atoms with Gasteiger partial charge in [-0.1, -0.05) is 23.7 Å². The molecule has 0 aromatic heterocycles. The number of nitrogens with one attached hydrogen (secondary N) is 2. The zero-order valence-electron chi connectivity index (χ0n) is 15.3. The summed E-state index contributed by atoms with van der Waals surface area (Å²) in [6.07, 6.45) is 0. The molecule has 0 spiro atoms. The van der Waals surface area contributed by atoms with Crippen LogP contribution in [-0.2, 0) is 0 Å². The summed E-state index contributed by atoms with van der Waals surface area (Å²) in [5, 5.41) is 5.98. The van der Waals surface area contributed by atoms with E-state index in [1.165, 1.54) is 0 Å². The normalized spacial score (nSPS) is 12.2. The molecule has 4 rings (SSSR count). The third kappa shape index (κ3) is 4.33. The first kappa shape index (κ1) is 18.8. The van der Waals surface area contributed by atoms with Gasteiger partial charge in [-0.25, -0.2) is 0 Å². The molecule has 3 aromatic rings. The molecule has 146 valence electrons. The van der Waals surface area contributed by atoms with Gasteiger partial charge < -0.3 is 20.1 Å². The predicted molar refractivity (Wildman–Crippen MR) is 111 cm³/mol. The van der Waals surface area contributed by atoms with Crippen LogP contribution < -0.4 is 20.1 Å². The van der Waals surface area contributed by atoms with Gasteiger partial charge in [0.15, 0.2) is 11.5 Å². The molecule has 29 heavy (non-hydrogen) atoms. The van der Waals surface area contributed by atoms with Gasteiger partial charge in [-0.2, -0.15) is 0 Å². The lowest BCUT2D eigenvalue weighted by atomic mass is 10.1. The van der Waals surface area contributed by atoms with Gasteiger partial charge in [-0.3, -0.25) is 9.59 Å². The monoisotopic (exact) mass is 408 g/mol. The van der Waals surface area contributed by atoms with Crippen molar-refractivity contribution < 1.29 is 19.1 Å². The number of halogens is 1. The molecule has 2 N–H and O–H groups in total. The lowest BCUT2D eigenvalue weighted by Gasteiger charge is -2.18. The summed E-state index contributed by atoms with van der Waals surface area (Å²) in [5.74, 6) is 0.617. The van der Waals surface area contributed by atoms with Crippen LogP contribution in [0.2, 0.25) is 5.02 Å². The minimum atomic E-state index is -0.302. The van der Waals surface area contributed by atoms with Crippen molar-refractivity contribution in [2.24, 2.45) is 0 Å². The van der Waals surface area contributed by atoms with Gasteiger partial charge in [0.2, 0.25) is 0 Å². The van der Waals surface area contributed by atoms with E-state index in [2.05, 4.69) is 10.6 Å². The highest BCUT2D eigenvalue weighted by atomic mass is 35.5. The molecule has 0 bridgehead atoms. The van der Waals surface area contributed by atoms with Gasteiger partial charge in [0, 0.05) is 16.9 Å². The van der Waals surface area contributed by atoms with Crippen LogP contribution in [0.1, 0.15) is 20.7 Å². The second-order valence-corrected chi connectivity index (χ2v) is 6.73. The molecule has 0 unspecified atom stereocenters. The summed E-state index contributed by atoms with van der Waals surface area (Å²) in [4.78, 5) is 24.8. The largest absolute Gasteiger partial charge is 0.486 e. The van der Waals surface area contributed by atoms with Crippen LogP contribution in [0, 0.1) is 0 Å². The van der Waals surface area contributed by atoms with E-state index in [-0.39, 0.29) is 11.8 Å². The molecule has 0 radical (unpaired) electrons. The number of hydrogen-bond donors (Lipinski definition) is 2. The number of ether oxygens (including phenoxy) is 2. The van der Waals surface area contributed by atoms with Crippen molar-refractivity contribution in [3.8, 4) is 11.5 Å². The number of amides is 2. The molecule has 2 amide bonds. The summed E-state index contributed by atoms with van der Waals surface area (Å²) in [7, 11) is 0. The van der Waals surface area contributed by atoms with Crippen LogP contribution in [0.4, 0.5) is 11.4 Å². The summed E-state index contributed by atoms with van der Waals surface area (Å²) >= 11 is 6.05. The first-order valence-electron chi connectivity index (χ1n) is 8.97. The maximum atomic E-state index is 12.5. The summed E-state index contributed by atoms with van der Waals surface area (Å²) in [5.41, 5.74) is 2.04. The molecular weight excluding hydrogens is 392 g/mol. The molecular formula is C22H17ClN2O4. The van der Waals surface area contributed by atoms with E-state index in [1.54, 1.807) is 66.7 Å². The van der Waals surface area contributed by atoms with E-state index in [4.69, 9.17) is 21.1 Å². The summed E-state index contributed by atoms with van der Waals surface area (Å²) in [6.45, 7) is 0.956. The Labute approximate surface area is 172 Å². The van der Waals surface area contributed by atoms with Crippen LogP contribution in [0.3, 0.4) is 0 Å². The second kappa shape index (κ2) is 8.24. The molecule has 6 nitrogen and oxygen atoms in total. The summed E-state index contributed by atoms with van der Waals surface area (Å²) in [6, 6.07) is 18.7. The molecule has 1 aliphatic heterocycles. The fraction of sp³-hybridized carbons (Fsp3) is 0.0909. The third-order valence-corrected chi connectivity index (χ3v) is 4.65. The van der Waals surface area contributed by atoms with E-state index in [0.717, 1.165) is 0 Å². The van der Waals surface area contributed by atoms with E-state index >= 15 is 0 Å². The predicted octanol–water partition coefficient (Wildman–Crippen LogP) is 4.62. The van der Waals surface area contributed by atoms with Crippen LogP contribution in [0.5, 0.6) is 11.5 Å². The molecule has 0 fully saturated rings. The van der Waals surface area contributed by atoms with Crippen molar-refractivity contribution in [2.75, 3.05) is 23.8 Å². The first-order chi connectivity index (χ1) is 14.1. The zero-order chi connectivity index (χ0) is 20.2. The minimum absolute atomic E-state index is 0.269. The highest BCUT2D eigenvalue weighted by Crippen LogP contribution is 2.31. The fourth-order valence-electron chi connectivity index (χ4n) is 2.87. The molecule has 7 heteroatoms. The topological polar surface area (TPSA) is 76.7 Å². The Morgan fingerprint density at radius 3 is 2.07 bits per heavy atom. The number of carbonyl (C=O) groups is 2. The Balaban J connectivity index is 1.41. The van der Waals surface area contributed by atoms with E-state index < -0.39 is 0 Å². The van der Waals surface area contributed by atoms with Gasteiger partial charge >= 0.3 is 0 Å². The zero-order valence-corrected chi connectivity index (χ0v) is 16.0. The maximum absolute atomic E-state index is 12.5. The maximum Gasteiger partial charge on any atom is 0.257 e. The SMILES string of the molecule is O=C(Nc1ccc(NC(=O)c2ccccc2Cl)cc1)c1ccc2c(c1)OCCO2. The number of carbonyl (C=O) groups excluding carboxylic acids is 2. The Bertz CT molecular complexity index is 1070. The average molecular weight is 409 g/mol. The van der Waals surface area contributed by atoms with Gasteiger partial charge in [-0.15, -0.1) is 0 Å². The Hall–Kier alpha value is -3.51. The van der Waals surface area contributed by atoms with Gasteiger partial charge in [-0.05, 0) is 54.6 Å². The number of hydrogen-bond acceptors (Lipinski definition) is 4. The Kier molecular flexibility index (Phi) is 5.35. The second-order valence-electron chi connectivity index (χ2n) is 6.32. The smallest absolute Gasteiger partial charge is 0.257 e. The number of rotatable bonds is 4. The highest BCUT2D eigenvalue weighted by Gasteiger charge is 2.15. The third-order valence-electron chi connectivity index (χ3n) is 4.32. The fourth-order valence-corrected chi connectivity index (χ4v) is 3.09. The van der Waals surface area contributed by atoms with Crippen LogP contribution >= 0.6 is 11.6 Å². The summed E-state index contributed by atoms with van der Waals surface area (Å²) < 4.78 is 11.0. The van der Waals surface area contributed by atoms with Crippen molar-refractivity contribution in [2.45, 2.75) is 0 Å². The molecule has 0 saturated heterocycles. The van der Waals surface area contributed by atoms with E-state index in [1.807, 2.05) is 0 Å². The van der Waals surface area contributed by atoms with Crippen LogP contribution in [0.15, 0.2) is 66.7 Å². The lowest BCUT2D eigenvalue weighted by Crippen LogP contribution is -2.17. The molecule has 0 atom stereocenters. The Morgan fingerprint density at radius 1 is 0.759 bits per heavy atom. The minimum Gasteiger partial charge on any atom is -0.486 e. The van der Waals surface area contributed by atoms with Gasteiger partial charge in [0.1, 0.15) is 13.2 Å². The van der Waals surface area contributed by atoms with Crippen molar-refractivity contribution in [1.82, 2.24) is 0 Å². The molecule has 1 aliphatic rings. The Morgan fingerprint density at radius 2 is 1.38 bits per heavy atom.